The molecule has 188 valence electrons. The predicted molar refractivity (Wildman–Crippen MR) is 136 cm³/mol. The Morgan fingerprint density at radius 3 is 2.74 bits per heavy atom. The van der Waals surface area contributed by atoms with Gasteiger partial charge >= 0.3 is 5.97 Å². The quantitative estimate of drug-likeness (QED) is 0.286. The first-order chi connectivity index (χ1) is 16.8. The van der Waals surface area contributed by atoms with E-state index in [1.54, 1.807) is 17.3 Å². The maximum atomic E-state index is 13.2. The molecule has 4 rings (SSSR count). The van der Waals surface area contributed by atoms with Gasteiger partial charge in [0, 0.05) is 24.8 Å². The van der Waals surface area contributed by atoms with Gasteiger partial charge in [-0.25, -0.2) is 9.80 Å². The molecular weight excluding hydrogens is 444 g/mol. The van der Waals surface area contributed by atoms with E-state index < -0.39 is 11.6 Å². The van der Waals surface area contributed by atoms with Gasteiger partial charge in [0.15, 0.2) is 0 Å². The fraction of sp³-hybridized carbons (Fsp3) is 0.519. The number of cyclic esters (lactones) is 1. The lowest BCUT2D eigenvalue weighted by molar-refractivity contribution is -0.167. The summed E-state index contributed by atoms with van der Waals surface area (Å²) in [5.41, 5.74) is 8.46. The largest absolute Gasteiger partial charge is 0.512 e. The summed E-state index contributed by atoms with van der Waals surface area (Å²) < 4.78 is 6.18. The molecule has 0 aromatic heterocycles. The molecule has 1 atom stereocenters. The van der Waals surface area contributed by atoms with Crippen LogP contribution >= 0.6 is 0 Å². The maximum Gasteiger partial charge on any atom is 0.338 e. The van der Waals surface area contributed by atoms with E-state index in [1.807, 2.05) is 32.1 Å². The van der Waals surface area contributed by atoms with Crippen LogP contribution in [0.5, 0.6) is 5.75 Å². The first kappa shape index (κ1) is 24.8. The molecule has 8 nitrogen and oxygen atoms in total. The lowest BCUT2D eigenvalue weighted by atomic mass is 9.76. The molecule has 1 aliphatic carbocycles. The number of hydrogen-bond acceptors (Lipinski definition) is 7. The minimum Gasteiger partial charge on any atom is -0.512 e. The number of rotatable bonds is 8. The number of aliphatic hydroxyl groups excluding tert-OH is 1. The molecule has 0 bridgehead atoms. The Balaban J connectivity index is 1.51. The molecule has 8 heteroatoms. The average molecular weight is 481 g/mol. The van der Waals surface area contributed by atoms with Crippen molar-refractivity contribution >= 4 is 17.5 Å². The van der Waals surface area contributed by atoms with Gasteiger partial charge in [0.2, 0.25) is 0 Å². The van der Waals surface area contributed by atoms with E-state index in [1.165, 1.54) is 0 Å². The lowest BCUT2D eigenvalue weighted by Gasteiger charge is -2.42. The first-order valence-electron chi connectivity index (χ1n) is 12.5. The number of ether oxygens (including phenoxy) is 1. The Hall–Kier alpha value is -3.29. The van der Waals surface area contributed by atoms with E-state index in [2.05, 4.69) is 10.1 Å². The second-order valence-corrected chi connectivity index (χ2v) is 9.82. The van der Waals surface area contributed by atoms with Gasteiger partial charge in [-0.1, -0.05) is 31.9 Å². The van der Waals surface area contributed by atoms with Crippen molar-refractivity contribution in [1.82, 2.24) is 5.01 Å². The first-order valence-corrected chi connectivity index (χ1v) is 12.5. The molecule has 1 aromatic rings. The van der Waals surface area contributed by atoms with E-state index in [-0.39, 0.29) is 35.9 Å². The lowest BCUT2D eigenvalue weighted by Crippen LogP contribution is -2.46. The van der Waals surface area contributed by atoms with Crippen LogP contribution in [-0.4, -0.2) is 45.0 Å². The van der Waals surface area contributed by atoms with Crippen LogP contribution in [0.1, 0.15) is 69.9 Å². The number of aromatic hydroxyl groups is 1. The van der Waals surface area contributed by atoms with Crippen LogP contribution in [0.2, 0.25) is 0 Å². The summed E-state index contributed by atoms with van der Waals surface area (Å²) in [6, 6.07) is 5.66. The van der Waals surface area contributed by atoms with Crippen molar-refractivity contribution in [2.45, 2.75) is 77.2 Å². The number of amidine groups is 1. The van der Waals surface area contributed by atoms with E-state index in [4.69, 9.17) is 10.5 Å². The summed E-state index contributed by atoms with van der Waals surface area (Å²) in [5.74, 6) is 0.268. The Bertz CT molecular complexity index is 1080. The fourth-order valence-corrected chi connectivity index (χ4v) is 5.35. The van der Waals surface area contributed by atoms with Gasteiger partial charge in [0.25, 0.3) is 0 Å². The minimum atomic E-state index is -0.737. The molecule has 0 amide bonds. The number of aliphatic imine (C=N–C) groups is 1. The number of benzene rings is 1. The van der Waals surface area contributed by atoms with Gasteiger partial charge in [-0.3, -0.25) is 4.99 Å². The van der Waals surface area contributed by atoms with Gasteiger partial charge in [-0.2, -0.15) is 5.10 Å². The number of phenolic OH excluding ortho intramolecular Hbond substituents is 1. The summed E-state index contributed by atoms with van der Waals surface area (Å²) in [6.07, 6.45) is 10.2. The molecule has 35 heavy (non-hydrogen) atoms. The van der Waals surface area contributed by atoms with Gasteiger partial charge in [-0.15, -0.1) is 0 Å². The number of hydrazone groups is 1. The molecule has 1 unspecified atom stereocenters. The molecule has 1 saturated carbocycles. The van der Waals surface area contributed by atoms with Crippen LogP contribution in [0.15, 0.2) is 51.9 Å². The van der Waals surface area contributed by atoms with Gasteiger partial charge in [-0.05, 0) is 68.2 Å². The van der Waals surface area contributed by atoms with Crippen LogP contribution in [0.25, 0.3) is 0 Å². The highest BCUT2D eigenvalue weighted by Gasteiger charge is 2.48. The smallest absolute Gasteiger partial charge is 0.338 e. The van der Waals surface area contributed by atoms with E-state index in [0.717, 1.165) is 48.9 Å². The van der Waals surface area contributed by atoms with Crippen molar-refractivity contribution in [1.29, 1.82) is 0 Å². The zero-order valence-corrected chi connectivity index (χ0v) is 20.7. The SMILES string of the molecule is CCc1cc(CCC2(C3CCCC3)CC(O)=C(C/C(N)=N/N3C=CC(C)=NC3)C(=O)O2)ccc1O. The predicted octanol–water partition coefficient (Wildman–Crippen LogP) is 4.49. The number of allylic oxidation sites excluding steroid dienone is 1. The third-order valence-electron chi connectivity index (χ3n) is 7.39. The number of nitrogens with zero attached hydrogens (tertiary/aromatic N) is 3. The molecule has 2 aliphatic heterocycles. The van der Waals surface area contributed by atoms with E-state index in [9.17, 15) is 15.0 Å². The number of nitrogens with two attached hydrogens (primary N) is 1. The number of aryl methyl sites for hydroxylation is 2. The Morgan fingerprint density at radius 1 is 1.31 bits per heavy atom. The molecule has 2 heterocycles. The summed E-state index contributed by atoms with van der Waals surface area (Å²) in [7, 11) is 0. The van der Waals surface area contributed by atoms with Crippen LogP contribution in [-0.2, 0) is 22.4 Å². The number of aliphatic hydroxyl groups is 1. The fourth-order valence-electron chi connectivity index (χ4n) is 5.35. The van der Waals surface area contributed by atoms with Crippen molar-refractivity contribution in [3.8, 4) is 5.75 Å². The van der Waals surface area contributed by atoms with Crippen molar-refractivity contribution in [2.75, 3.05) is 6.67 Å². The molecule has 1 fully saturated rings. The van der Waals surface area contributed by atoms with Crippen LogP contribution in [0, 0.1) is 5.92 Å². The Morgan fingerprint density at radius 2 is 2.09 bits per heavy atom. The third kappa shape index (κ3) is 5.69. The van der Waals surface area contributed by atoms with Crippen LogP contribution in [0.3, 0.4) is 0 Å². The van der Waals surface area contributed by atoms with Crippen molar-refractivity contribution < 1.29 is 19.7 Å². The third-order valence-corrected chi connectivity index (χ3v) is 7.39. The minimum absolute atomic E-state index is 0.0241. The highest BCUT2D eigenvalue weighted by molar-refractivity contribution is 5.97. The number of carbonyl (C=O) groups is 1. The highest BCUT2D eigenvalue weighted by atomic mass is 16.6. The normalized spacial score (nSPS) is 23.6. The molecule has 0 saturated heterocycles. The van der Waals surface area contributed by atoms with Crippen molar-refractivity contribution in [3.63, 3.8) is 0 Å². The number of esters is 1. The van der Waals surface area contributed by atoms with Gasteiger partial charge < -0.3 is 20.7 Å². The zero-order chi connectivity index (χ0) is 25.0. The topological polar surface area (TPSA) is 121 Å². The molecule has 1 aromatic carbocycles. The second kappa shape index (κ2) is 10.5. The monoisotopic (exact) mass is 480 g/mol. The zero-order valence-electron chi connectivity index (χ0n) is 20.7. The molecule has 3 aliphatic rings. The molecule has 4 N–H and O–H groups in total. The summed E-state index contributed by atoms with van der Waals surface area (Å²) in [5, 5.41) is 26.9. The van der Waals surface area contributed by atoms with Gasteiger partial charge in [0.1, 0.15) is 29.6 Å². The Kier molecular flexibility index (Phi) is 7.48. The van der Waals surface area contributed by atoms with Crippen LogP contribution < -0.4 is 5.73 Å². The average Bonchev–Trinajstić information content (AvgIpc) is 3.38. The number of phenols is 1. The van der Waals surface area contributed by atoms with E-state index in [0.29, 0.717) is 25.3 Å². The van der Waals surface area contributed by atoms with E-state index >= 15 is 0 Å². The summed E-state index contributed by atoms with van der Waals surface area (Å²) in [4.78, 5) is 17.5. The molecular formula is C27H36N4O4. The van der Waals surface area contributed by atoms with Crippen LogP contribution in [0.4, 0.5) is 0 Å². The highest BCUT2D eigenvalue weighted by Crippen LogP contribution is 2.46. The summed E-state index contributed by atoms with van der Waals surface area (Å²) >= 11 is 0. The van der Waals surface area contributed by atoms with Gasteiger partial charge in [0.05, 0.1) is 5.57 Å². The molecule has 0 radical (unpaired) electrons. The van der Waals surface area contributed by atoms with Crippen molar-refractivity contribution in [2.24, 2.45) is 21.7 Å². The molecule has 0 spiro atoms. The number of carbonyl (C=O) groups excluding carboxylic acids is 1. The number of hydrogen-bond donors (Lipinski definition) is 3. The summed E-state index contributed by atoms with van der Waals surface area (Å²) in [6.45, 7) is 4.28. The van der Waals surface area contributed by atoms with Crippen molar-refractivity contribution in [3.05, 3.63) is 52.9 Å². The standard InChI is InChI=1S/C27H36N4O4/c1-3-20-14-19(8-9-23(20)32)10-12-27(21-6-4-5-7-21)16-24(33)22(26(34)35-27)15-25(28)30-31-13-11-18(2)29-17-31/h8-9,11,13-14,21,32-33H,3-7,10,12,15-17H2,1-2H3,(H2,28,30). The second-order valence-electron chi connectivity index (χ2n) is 9.82. The Labute approximate surface area is 206 Å². The maximum absolute atomic E-state index is 13.2.